The topological polar surface area (TPSA) is 3.24 Å². The average Bonchev–Trinajstić information content (AvgIpc) is 1.97. The van der Waals surface area contributed by atoms with Crippen LogP contribution in [-0.2, 0) is 0 Å². The molecule has 0 N–H and O–H groups in total. The number of hydrogen-bond donors (Lipinski definition) is 0. The number of hydrogen-bond acceptors (Lipinski definition) is 2. The van der Waals surface area contributed by atoms with Crippen molar-refractivity contribution in [3.8, 4) is 0 Å². The van der Waals surface area contributed by atoms with Crippen LogP contribution in [0.25, 0.3) is 0 Å². The van der Waals surface area contributed by atoms with Gasteiger partial charge in [-0.2, -0.15) is 11.8 Å². The van der Waals surface area contributed by atoms with E-state index in [0.29, 0.717) is 0 Å². The molecule has 0 aromatic rings. The maximum atomic E-state index is 5.55. The summed E-state index contributed by atoms with van der Waals surface area (Å²) in [6.45, 7) is 2.31. The zero-order valence-corrected chi connectivity index (χ0v) is 8.34. The van der Waals surface area contributed by atoms with Gasteiger partial charge < -0.3 is 4.90 Å². The normalized spacial score (nSPS) is 10.8. The van der Waals surface area contributed by atoms with Crippen LogP contribution < -0.4 is 0 Å². The Morgan fingerprint density at radius 1 is 1.40 bits per heavy atom. The molecule has 62 valence electrons. The molecule has 0 amide bonds. The van der Waals surface area contributed by atoms with Crippen LogP contribution in [0, 0.1) is 0 Å². The largest absolute Gasteiger partial charge is 0.306 e. The molecule has 0 aliphatic rings. The molecule has 1 nitrogen and oxygen atoms in total. The first-order valence-electron chi connectivity index (χ1n) is 3.54. The molecule has 0 unspecified atom stereocenters. The van der Waals surface area contributed by atoms with E-state index >= 15 is 0 Å². The lowest BCUT2D eigenvalue weighted by Crippen LogP contribution is -2.22. The molecule has 0 atom stereocenters. The van der Waals surface area contributed by atoms with Gasteiger partial charge in [-0.3, -0.25) is 0 Å². The number of nitrogens with zero attached hydrogens (tertiary/aromatic N) is 1. The van der Waals surface area contributed by atoms with E-state index in [1.165, 1.54) is 12.3 Å². The van der Waals surface area contributed by atoms with E-state index in [1.54, 1.807) is 0 Å². The highest BCUT2D eigenvalue weighted by atomic mass is 35.5. The van der Waals surface area contributed by atoms with Crippen molar-refractivity contribution in [2.75, 3.05) is 38.0 Å². The minimum atomic E-state index is 0.781. The van der Waals surface area contributed by atoms with Gasteiger partial charge in [0.1, 0.15) is 0 Å². The van der Waals surface area contributed by atoms with Crippen LogP contribution in [-0.4, -0.2) is 42.9 Å². The SMILES string of the molecule is CSCCN(C)CCCCl. The zero-order valence-electron chi connectivity index (χ0n) is 6.77. The van der Waals surface area contributed by atoms with E-state index in [-0.39, 0.29) is 0 Å². The second-order valence-corrected chi connectivity index (χ2v) is 3.70. The predicted molar refractivity (Wildman–Crippen MR) is 51.2 cm³/mol. The zero-order chi connectivity index (χ0) is 7.82. The maximum absolute atomic E-state index is 5.55. The van der Waals surface area contributed by atoms with Crippen molar-refractivity contribution in [3.05, 3.63) is 0 Å². The van der Waals surface area contributed by atoms with Crippen molar-refractivity contribution in [2.45, 2.75) is 6.42 Å². The summed E-state index contributed by atoms with van der Waals surface area (Å²) in [6, 6.07) is 0. The Hall–Kier alpha value is 0.600. The molecule has 0 fully saturated rings. The standard InChI is InChI=1S/C7H16ClNS/c1-9(5-3-4-8)6-7-10-2/h3-7H2,1-2H3. The van der Waals surface area contributed by atoms with Crippen molar-refractivity contribution in [3.63, 3.8) is 0 Å². The summed E-state index contributed by atoms with van der Waals surface area (Å²) >= 11 is 7.44. The van der Waals surface area contributed by atoms with Crippen LogP contribution in [0.4, 0.5) is 0 Å². The Balaban J connectivity index is 3.00. The maximum Gasteiger partial charge on any atom is 0.0235 e. The molecule has 0 spiro atoms. The second-order valence-electron chi connectivity index (χ2n) is 2.34. The van der Waals surface area contributed by atoms with E-state index in [2.05, 4.69) is 18.2 Å². The summed E-state index contributed by atoms with van der Waals surface area (Å²) in [4.78, 5) is 2.32. The summed E-state index contributed by atoms with van der Waals surface area (Å²) < 4.78 is 0. The van der Waals surface area contributed by atoms with Crippen molar-refractivity contribution in [2.24, 2.45) is 0 Å². The predicted octanol–water partition coefficient (Wildman–Crippen LogP) is 1.91. The molecule has 0 saturated heterocycles. The van der Waals surface area contributed by atoms with E-state index in [4.69, 9.17) is 11.6 Å². The summed E-state index contributed by atoms with van der Waals surface area (Å²) in [5.74, 6) is 2.00. The van der Waals surface area contributed by atoms with Gasteiger partial charge in [0, 0.05) is 18.2 Å². The number of thioether (sulfide) groups is 1. The Labute approximate surface area is 73.1 Å². The summed E-state index contributed by atoms with van der Waals surface area (Å²) in [6.07, 6.45) is 3.24. The van der Waals surface area contributed by atoms with Gasteiger partial charge in [0.25, 0.3) is 0 Å². The monoisotopic (exact) mass is 181 g/mol. The lowest BCUT2D eigenvalue weighted by atomic mass is 10.4. The third kappa shape index (κ3) is 6.72. The van der Waals surface area contributed by atoms with Gasteiger partial charge in [0.05, 0.1) is 0 Å². The highest BCUT2D eigenvalue weighted by molar-refractivity contribution is 7.98. The first-order valence-corrected chi connectivity index (χ1v) is 5.47. The molecule has 0 aromatic carbocycles. The van der Waals surface area contributed by atoms with Gasteiger partial charge in [-0.05, 0) is 26.3 Å². The van der Waals surface area contributed by atoms with Gasteiger partial charge in [0.15, 0.2) is 0 Å². The minimum Gasteiger partial charge on any atom is -0.306 e. The minimum absolute atomic E-state index is 0.781. The van der Waals surface area contributed by atoms with Crippen LogP contribution in [0.5, 0.6) is 0 Å². The fourth-order valence-corrected chi connectivity index (χ4v) is 1.30. The van der Waals surface area contributed by atoms with Crippen molar-refractivity contribution >= 4 is 23.4 Å². The molecule has 0 radical (unpaired) electrons. The Morgan fingerprint density at radius 3 is 2.60 bits per heavy atom. The number of alkyl halides is 1. The first-order chi connectivity index (χ1) is 4.81. The lowest BCUT2D eigenvalue weighted by molar-refractivity contribution is 0.357. The van der Waals surface area contributed by atoms with Crippen LogP contribution in [0.15, 0.2) is 0 Å². The molecule has 0 aliphatic heterocycles. The smallest absolute Gasteiger partial charge is 0.0235 e. The Morgan fingerprint density at radius 2 is 2.10 bits per heavy atom. The molecule has 0 aromatic heterocycles. The number of rotatable bonds is 6. The molecule has 3 heteroatoms. The first kappa shape index (κ1) is 10.6. The number of halogens is 1. The molecular formula is C7H16ClNS. The van der Waals surface area contributed by atoms with Crippen LogP contribution in [0.3, 0.4) is 0 Å². The van der Waals surface area contributed by atoms with Crippen LogP contribution in [0.2, 0.25) is 0 Å². The van der Waals surface area contributed by atoms with Crippen molar-refractivity contribution < 1.29 is 0 Å². The Bertz CT molecular complexity index is 62.6. The van der Waals surface area contributed by atoms with Crippen molar-refractivity contribution in [1.29, 1.82) is 0 Å². The van der Waals surface area contributed by atoms with Gasteiger partial charge in [0.2, 0.25) is 0 Å². The second kappa shape index (κ2) is 7.70. The third-order valence-corrected chi connectivity index (χ3v) is 2.21. The molecule has 0 heterocycles. The Kier molecular flexibility index (Phi) is 8.17. The quantitative estimate of drug-likeness (QED) is 0.576. The van der Waals surface area contributed by atoms with Crippen LogP contribution in [0.1, 0.15) is 6.42 Å². The highest BCUT2D eigenvalue weighted by Crippen LogP contribution is 1.94. The molecule has 0 bridgehead atoms. The molecule has 0 aliphatic carbocycles. The van der Waals surface area contributed by atoms with Gasteiger partial charge in [-0.15, -0.1) is 11.6 Å². The van der Waals surface area contributed by atoms with Crippen LogP contribution >= 0.6 is 23.4 Å². The molecule has 0 rings (SSSR count). The van der Waals surface area contributed by atoms with Gasteiger partial charge in [-0.25, -0.2) is 0 Å². The fourth-order valence-electron chi connectivity index (χ4n) is 0.689. The fraction of sp³-hybridized carbons (Fsp3) is 1.00. The summed E-state index contributed by atoms with van der Waals surface area (Å²) in [5, 5.41) is 0. The van der Waals surface area contributed by atoms with E-state index < -0.39 is 0 Å². The third-order valence-electron chi connectivity index (χ3n) is 1.35. The van der Waals surface area contributed by atoms with Gasteiger partial charge >= 0.3 is 0 Å². The lowest BCUT2D eigenvalue weighted by Gasteiger charge is -2.14. The van der Waals surface area contributed by atoms with Crippen molar-refractivity contribution in [1.82, 2.24) is 4.90 Å². The van der Waals surface area contributed by atoms with E-state index in [9.17, 15) is 0 Å². The summed E-state index contributed by atoms with van der Waals surface area (Å²) in [7, 11) is 2.14. The van der Waals surface area contributed by atoms with E-state index in [1.807, 2.05) is 11.8 Å². The van der Waals surface area contributed by atoms with E-state index in [0.717, 1.165) is 18.8 Å². The van der Waals surface area contributed by atoms with Gasteiger partial charge in [-0.1, -0.05) is 0 Å². The summed E-state index contributed by atoms with van der Waals surface area (Å²) in [5.41, 5.74) is 0. The molecule has 0 saturated carbocycles. The molecule has 10 heavy (non-hydrogen) atoms. The average molecular weight is 182 g/mol. The molecular weight excluding hydrogens is 166 g/mol. The highest BCUT2D eigenvalue weighted by Gasteiger charge is 1.94.